The predicted octanol–water partition coefficient (Wildman–Crippen LogP) is 2.33. The maximum Gasteiger partial charge on any atom is 0.228 e. The number of nitrogens with zero attached hydrogens (tertiary/aromatic N) is 2. The van der Waals surface area contributed by atoms with Crippen LogP contribution in [0.3, 0.4) is 0 Å². The number of rotatable bonds is 2. The van der Waals surface area contributed by atoms with Crippen molar-refractivity contribution in [3.05, 3.63) is 29.8 Å². The lowest BCUT2D eigenvalue weighted by Gasteiger charge is -2.43. The Balaban J connectivity index is 0.00000243. The SMILES string of the molecule is CC1(C)CN(C(=O)C2CC(=O)N(c3ccc(F)cc3F)C2)CCC1N.Cl. The van der Waals surface area contributed by atoms with Crippen LogP contribution in [-0.4, -0.2) is 42.4 Å². The number of hydrogen-bond acceptors (Lipinski definition) is 3. The lowest BCUT2D eigenvalue weighted by atomic mass is 9.79. The fraction of sp³-hybridized carbons (Fsp3) is 0.556. The standard InChI is InChI=1S/C18H23F2N3O2.ClH/c1-18(2)10-22(6-5-15(18)21)17(25)11-7-16(24)23(9-11)14-4-3-12(19)8-13(14)20;/h3-4,8,11,15H,5-7,9-10,21H2,1-2H3;1H. The summed E-state index contributed by atoms with van der Waals surface area (Å²) in [4.78, 5) is 28.1. The van der Waals surface area contributed by atoms with Gasteiger partial charge in [0.15, 0.2) is 0 Å². The van der Waals surface area contributed by atoms with E-state index in [0.29, 0.717) is 13.1 Å². The Bertz CT molecular complexity index is 714. The average Bonchev–Trinajstić information content (AvgIpc) is 2.91. The summed E-state index contributed by atoms with van der Waals surface area (Å²) in [6.45, 7) is 5.28. The van der Waals surface area contributed by atoms with Crippen molar-refractivity contribution in [1.29, 1.82) is 0 Å². The lowest BCUT2D eigenvalue weighted by molar-refractivity contribution is -0.139. The third-order valence-corrected chi connectivity index (χ3v) is 5.30. The smallest absolute Gasteiger partial charge is 0.228 e. The van der Waals surface area contributed by atoms with Crippen LogP contribution < -0.4 is 10.6 Å². The molecule has 2 aliphatic heterocycles. The molecule has 2 atom stereocenters. The molecule has 0 radical (unpaired) electrons. The highest BCUT2D eigenvalue weighted by Crippen LogP contribution is 2.32. The molecule has 8 heteroatoms. The zero-order chi connectivity index (χ0) is 18.4. The third kappa shape index (κ3) is 3.83. The van der Waals surface area contributed by atoms with Gasteiger partial charge in [0.2, 0.25) is 11.8 Å². The van der Waals surface area contributed by atoms with Crippen LogP contribution in [0.1, 0.15) is 26.7 Å². The number of piperidine rings is 1. The van der Waals surface area contributed by atoms with Gasteiger partial charge in [0, 0.05) is 38.2 Å². The van der Waals surface area contributed by atoms with E-state index in [-0.39, 0.29) is 54.3 Å². The van der Waals surface area contributed by atoms with E-state index >= 15 is 0 Å². The Morgan fingerprint density at radius 2 is 2.00 bits per heavy atom. The Morgan fingerprint density at radius 3 is 2.62 bits per heavy atom. The van der Waals surface area contributed by atoms with E-state index in [1.165, 1.54) is 11.0 Å². The average molecular weight is 388 g/mol. The number of carbonyl (C=O) groups excluding carboxylic acids is 2. The minimum Gasteiger partial charge on any atom is -0.342 e. The summed E-state index contributed by atoms with van der Waals surface area (Å²) in [7, 11) is 0. The monoisotopic (exact) mass is 387 g/mol. The molecule has 2 heterocycles. The molecule has 2 fully saturated rings. The van der Waals surface area contributed by atoms with E-state index in [1.807, 2.05) is 13.8 Å². The number of halogens is 3. The molecule has 0 aliphatic carbocycles. The van der Waals surface area contributed by atoms with Crippen molar-refractivity contribution < 1.29 is 18.4 Å². The van der Waals surface area contributed by atoms with Gasteiger partial charge in [-0.15, -0.1) is 12.4 Å². The van der Waals surface area contributed by atoms with Crippen molar-refractivity contribution in [3.8, 4) is 0 Å². The van der Waals surface area contributed by atoms with Gasteiger partial charge < -0.3 is 15.5 Å². The van der Waals surface area contributed by atoms with Gasteiger partial charge in [-0.25, -0.2) is 8.78 Å². The van der Waals surface area contributed by atoms with Gasteiger partial charge in [-0.05, 0) is 24.0 Å². The van der Waals surface area contributed by atoms with Crippen LogP contribution in [0, 0.1) is 23.0 Å². The largest absolute Gasteiger partial charge is 0.342 e. The van der Waals surface area contributed by atoms with E-state index in [0.717, 1.165) is 18.6 Å². The second kappa shape index (κ2) is 7.48. The Morgan fingerprint density at radius 1 is 1.31 bits per heavy atom. The number of amides is 2. The maximum absolute atomic E-state index is 14.0. The van der Waals surface area contributed by atoms with Crippen LogP contribution in [0.5, 0.6) is 0 Å². The minimum absolute atomic E-state index is 0. The van der Waals surface area contributed by atoms with Gasteiger partial charge in [0.1, 0.15) is 11.6 Å². The van der Waals surface area contributed by atoms with Crippen molar-refractivity contribution in [3.63, 3.8) is 0 Å². The van der Waals surface area contributed by atoms with Crippen molar-refractivity contribution in [2.45, 2.75) is 32.7 Å². The molecule has 3 rings (SSSR count). The predicted molar refractivity (Wildman–Crippen MR) is 97.0 cm³/mol. The van der Waals surface area contributed by atoms with Crippen molar-refractivity contribution in [2.24, 2.45) is 17.1 Å². The molecular weight excluding hydrogens is 364 g/mol. The van der Waals surface area contributed by atoms with Crippen LogP contribution in [-0.2, 0) is 9.59 Å². The van der Waals surface area contributed by atoms with Gasteiger partial charge in [-0.1, -0.05) is 13.8 Å². The zero-order valence-corrected chi connectivity index (χ0v) is 15.7. The van der Waals surface area contributed by atoms with Crippen LogP contribution in [0.25, 0.3) is 0 Å². The van der Waals surface area contributed by atoms with Gasteiger partial charge in [0.05, 0.1) is 11.6 Å². The Hall–Kier alpha value is -1.73. The molecule has 1 aromatic carbocycles. The fourth-order valence-corrected chi connectivity index (χ4v) is 3.63. The number of carbonyl (C=O) groups is 2. The van der Waals surface area contributed by atoms with Crippen LogP contribution in [0.4, 0.5) is 14.5 Å². The molecule has 5 nitrogen and oxygen atoms in total. The molecule has 26 heavy (non-hydrogen) atoms. The zero-order valence-electron chi connectivity index (χ0n) is 14.9. The first-order valence-corrected chi connectivity index (χ1v) is 8.49. The summed E-state index contributed by atoms with van der Waals surface area (Å²) >= 11 is 0. The number of anilines is 1. The topological polar surface area (TPSA) is 66.6 Å². The van der Waals surface area contributed by atoms with Gasteiger partial charge in [0.25, 0.3) is 0 Å². The molecule has 144 valence electrons. The molecule has 2 aliphatic rings. The second-order valence-electron chi connectivity index (χ2n) is 7.64. The summed E-state index contributed by atoms with van der Waals surface area (Å²) in [5, 5.41) is 0. The van der Waals surface area contributed by atoms with Crippen LogP contribution in [0.15, 0.2) is 18.2 Å². The van der Waals surface area contributed by atoms with E-state index in [4.69, 9.17) is 5.73 Å². The molecule has 2 N–H and O–H groups in total. The lowest BCUT2D eigenvalue weighted by Crippen LogP contribution is -2.55. The van der Waals surface area contributed by atoms with E-state index in [9.17, 15) is 18.4 Å². The first kappa shape index (κ1) is 20.6. The van der Waals surface area contributed by atoms with Crippen LogP contribution >= 0.6 is 12.4 Å². The number of benzene rings is 1. The maximum atomic E-state index is 14.0. The molecule has 1 aromatic rings. The van der Waals surface area contributed by atoms with Gasteiger partial charge in [-0.3, -0.25) is 9.59 Å². The van der Waals surface area contributed by atoms with E-state index in [1.54, 1.807) is 4.90 Å². The number of hydrogen-bond donors (Lipinski definition) is 1. The van der Waals surface area contributed by atoms with Gasteiger partial charge in [-0.2, -0.15) is 0 Å². The molecular formula is C18H24ClF2N3O2. The molecule has 0 aromatic heterocycles. The van der Waals surface area contributed by atoms with Crippen molar-refractivity contribution in [1.82, 2.24) is 4.90 Å². The summed E-state index contributed by atoms with van der Waals surface area (Å²) in [6, 6.07) is 3.12. The highest BCUT2D eigenvalue weighted by molar-refractivity contribution is 6.00. The first-order valence-electron chi connectivity index (χ1n) is 8.49. The van der Waals surface area contributed by atoms with E-state index < -0.39 is 17.6 Å². The summed E-state index contributed by atoms with van der Waals surface area (Å²) < 4.78 is 27.0. The second-order valence-corrected chi connectivity index (χ2v) is 7.64. The highest BCUT2D eigenvalue weighted by atomic mass is 35.5. The fourth-order valence-electron chi connectivity index (χ4n) is 3.63. The molecule has 2 saturated heterocycles. The molecule has 2 unspecified atom stereocenters. The summed E-state index contributed by atoms with van der Waals surface area (Å²) in [6.07, 6.45) is 0.758. The van der Waals surface area contributed by atoms with Crippen molar-refractivity contribution >= 4 is 29.9 Å². The Kier molecular flexibility index (Phi) is 5.92. The molecule has 2 amide bonds. The van der Waals surface area contributed by atoms with Crippen LogP contribution in [0.2, 0.25) is 0 Å². The Labute approximate surface area is 157 Å². The van der Waals surface area contributed by atoms with Crippen molar-refractivity contribution in [2.75, 3.05) is 24.5 Å². The van der Waals surface area contributed by atoms with E-state index in [2.05, 4.69) is 0 Å². The van der Waals surface area contributed by atoms with Gasteiger partial charge >= 0.3 is 0 Å². The molecule has 0 bridgehead atoms. The number of nitrogens with two attached hydrogens (primary N) is 1. The molecule has 0 spiro atoms. The number of likely N-dealkylation sites (tertiary alicyclic amines) is 1. The molecule has 0 saturated carbocycles. The summed E-state index contributed by atoms with van der Waals surface area (Å²) in [5.74, 6) is -2.43. The normalized spacial score (nSPS) is 25.2. The highest BCUT2D eigenvalue weighted by Gasteiger charge is 2.41. The quantitative estimate of drug-likeness (QED) is 0.846. The minimum atomic E-state index is -0.800. The first-order chi connectivity index (χ1) is 11.7. The summed E-state index contributed by atoms with van der Waals surface area (Å²) in [5.41, 5.74) is 5.94. The third-order valence-electron chi connectivity index (χ3n) is 5.30.